The Labute approximate surface area is 125 Å². The summed E-state index contributed by atoms with van der Waals surface area (Å²) in [6, 6.07) is 11.4. The Morgan fingerprint density at radius 2 is 1.75 bits per heavy atom. The zero-order chi connectivity index (χ0) is 14.1. The summed E-state index contributed by atoms with van der Waals surface area (Å²) >= 11 is 7.68. The monoisotopic (exact) mass is 301 g/mol. The van der Waals surface area contributed by atoms with Crippen LogP contribution in [0.1, 0.15) is 0 Å². The van der Waals surface area contributed by atoms with Gasteiger partial charge in [0.25, 0.3) is 0 Å². The SMILES string of the molecule is Nc1ccc(-c2ccc(Cl)c(N)c2-c2nccs2)cc1. The normalized spacial score (nSPS) is 10.7. The molecule has 0 aliphatic carbocycles. The van der Waals surface area contributed by atoms with E-state index in [0.29, 0.717) is 10.7 Å². The van der Waals surface area contributed by atoms with Crippen molar-refractivity contribution in [2.24, 2.45) is 0 Å². The number of hydrogen-bond acceptors (Lipinski definition) is 4. The van der Waals surface area contributed by atoms with Crippen LogP contribution in [0.4, 0.5) is 11.4 Å². The smallest absolute Gasteiger partial charge is 0.126 e. The predicted octanol–water partition coefficient (Wildman–Crippen LogP) is 4.29. The van der Waals surface area contributed by atoms with Gasteiger partial charge in [0.05, 0.1) is 10.7 Å². The van der Waals surface area contributed by atoms with Gasteiger partial charge in [0.1, 0.15) is 5.01 Å². The van der Waals surface area contributed by atoms with Crippen LogP contribution in [0, 0.1) is 0 Å². The van der Waals surface area contributed by atoms with Crippen molar-refractivity contribution in [3.8, 4) is 21.7 Å². The molecule has 3 aromatic rings. The van der Waals surface area contributed by atoms with Crippen molar-refractivity contribution in [3.63, 3.8) is 0 Å². The van der Waals surface area contributed by atoms with Gasteiger partial charge in [0.15, 0.2) is 0 Å². The van der Waals surface area contributed by atoms with Crippen LogP contribution in [0.2, 0.25) is 5.02 Å². The van der Waals surface area contributed by atoms with Gasteiger partial charge in [-0.25, -0.2) is 4.98 Å². The summed E-state index contributed by atoms with van der Waals surface area (Å²) < 4.78 is 0. The fraction of sp³-hybridized carbons (Fsp3) is 0. The zero-order valence-electron chi connectivity index (χ0n) is 10.5. The molecule has 1 aromatic heterocycles. The van der Waals surface area contributed by atoms with Gasteiger partial charge in [0.2, 0.25) is 0 Å². The van der Waals surface area contributed by atoms with E-state index in [0.717, 1.165) is 27.4 Å². The summed E-state index contributed by atoms with van der Waals surface area (Å²) in [5, 5.41) is 3.31. The minimum absolute atomic E-state index is 0.536. The van der Waals surface area contributed by atoms with Crippen molar-refractivity contribution in [3.05, 3.63) is 53.0 Å². The van der Waals surface area contributed by atoms with E-state index in [2.05, 4.69) is 4.98 Å². The minimum atomic E-state index is 0.536. The number of nitrogens with two attached hydrogens (primary N) is 2. The fourth-order valence-corrected chi connectivity index (χ4v) is 2.94. The maximum absolute atomic E-state index is 6.15. The Morgan fingerprint density at radius 1 is 1.00 bits per heavy atom. The van der Waals surface area contributed by atoms with Gasteiger partial charge >= 0.3 is 0 Å². The molecule has 0 aliphatic heterocycles. The summed E-state index contributed by atoms with van der Waals surface area (Å²) in [5.74, 6) is 0. The standard InChI is InChI=1S/C15H12ClN3S/c16-12-6-5-11(9-1-3-10(17)4-2-9)13(14(12)18)15-19-7-8-20-15/h1-8H,17-18H2. The molecule has 0 saturated heterocycles. The topological polar surface area (TPSA) is 64.9 Å². The number of rotatable bonds is 2. The van der Waals surface area contributed by atoms with E-state index in [1.165, 1.54) is 11.3 Å². The van der Waals surface area contributed by atoms with Gasteiger partial charge < -0.3 is 11.5 Å². The third kappa shape index (κ3) is 2.24. The van der Waals surface area contributed by atoms with Crippen LogP contribution in [-0.4, -0.2) is 4.98 Å². The number of nitrogens with zero attached hydrogens (tertiary/aromatic N) is 1. The molecule has 5 heteroatoms. The first kappa shape index (κ1) is 13.0. The molecule has 0 spiro atoms. The molecule has 20 heavy (non-hydrogen) atoms. The second-order valence-electron chi connectivity index (χ2n) is 4.34. The lowest BCUT2D eigenvalue weighted by Gasteiger charge is -2.12. The van der Waals surface area contributed by atoms with Crippen LogP contribution < -0.4 is 11.5 Å². The molecule has 2 aromatic carbocycles. The van der Waals surface area contributed by atoms with E-state index in [1.54, 1.807) is 12.3 Å². The number of aromatic nitrogens is 1. The lowest BCUT2D eigenvalue weighted by Crippen LogP contribution is -1.95. The molecular formula is C15H12ClN3S. The Bertz CT molecular complexity index is 737. The lowest BCUT2D eigenvalue weighted by atomic mass is 9.98. The van der Waals surface area contributed by atoms with Gasteiger partial charge in [-0.2, -0.15) is 0 Å². The van der Waals surface area contributed by atoms with Crippen molar-refractivity contribution in [1.82, 2.24) is 4.98 Å². The number of thiazole rings is 1. The number of hydrogen-bond donors (Lipinski definition) is 2. The van der Waals surface area contributed by atoms with E-state index in [9.17, 15) is 0 Å². The van der Waals surface area contributed by atoms with E-state index in [4.69, 9.17) is 23.1 Å². The number of benzene rings is 2. The largest absolute Gasteiger partial charge is 0.399 e. The highest BCUT2D eigenvalue weighted by Crippen LogP contribution is 2.40. The van der Waals surface area contributed by atoms with Crippen LogP contribution >= 0.6 is 22.9 Å². The molecule has 1 heterocycles. The molecule has 0 radical (unpaired) electrons. The molecule has 0 fully saturated rings. The highest BCUT2D eigenvalue weighted by atomic mass is 35.5. The van der Waals surface area contributed by atoms with Gasteiger partial charge in [-0.1, -0.05) is 29.8 Å². The first-order valence-electron chi connectivity index (χ1n) is 6.00. The Morgan fingerprint density at radius 3 is 2.40 bits per heavy atom. The molecule has 0 amide bonds. The molecule has 4 N–H and O–H groups in total. The Hall–Kier alpha value is -2.04. The average molecular weight is 302 g/mol. The molecule has 3 rings (SSSR count). The summed E-state index contributed by atoms with van der Waals surface area (Å²) in [6.07, 6.45) is 1.76. The summed E-state index contributed by atoms with van der Waals surface area (Å²) in [5.41, 5.74) is 16.1. The molecule has 0 aliphatic rings. The van der Waals surface area contributed by atoms with Crippen molar-refractivity contribution < 1.29 is 0 Å². The maximum atomic E-state index is 6.15. The van der Waals surface area contributed by atoms with Crippen molar-refractivity contribution in [1.29, 1.82) is 0 Å². The predicted molar refractivity (Wildman–Crippen MR) is 86.8 cm³/mol. The number of halogens is 1. The second-order valence-corrected chi connectivity index (χ2v) is 5.64. The summed E-state index contributed by atoms with van der Waals surface area (Å²) in [4.78, 5) is 4.35. The van der Waals surface area contributed by atoms with Gasteiger partial charge in [-0.3, -0.25) is 0 Å². The van der Waals surface area contributed by atoms with Crippen molar-refractivity contribution >= 4 is 34.3 Å². The maximum Gasteiger partial charge on any atom is 0.126 e. The minimum Gasteiger partial charge on any atom is -0.399 e. The average Bonchev–Trinajstić information content (AvgIpc) is 2.96. The summed E-state index contributed by atoms with van der Waals surface area (Å²) in [6.45, 7) is 0. The van der Waals surface area contributed by atoms with Crippen LogP contribution in [0.15, 0.2) is 48.0 Å². The first-order valence-corrected chi connectivity index (χ1v) is 7.26. The second kappa shape index (κ2) is 5.15. The quantitative estimate of drug-likeness (QED) is 0.694. The van der Waals surface area contributed by atoms with Crippen LogP contribution in [0.3, 0.4) is 0 Å². The summed E-state index contributed by atoms with van der Waals surface area (Å²) in [7, 11) is 0. The third-order valence-electron chi connectivity index (χ3n) is 3.06. The highest BCUT2D eigenvalue weighted by molar-refractivity contribution is 7.13. The van der Waals surface area contributed by atoms with Gasteiger partial charge in [-0.05, 0) is 29.3 Å². The number of nitrogen functional groups attached to an aromatic ring is 2. The van der Waals surface area contributed by atoms with Gasteiger partial charge in [0, 0.05) is 22.8 Å². The Kier molecular flexibility index (Phi) is 3.34. The van der Waals surface area contributed by atoms with Crippen LogP contribution in [0.25, 0.3) is 21.7 Å². The first-order chi connectivity index (χ1) is 9.66. The van der Waals surface area contributed by atoms with Crippen LogP contribution in [-0.2, 0) is 0 Å². The third-order valence-corrected chi connectivity index (χ3v) is 4.18. The number of anilines is 2. The molecule has 0 saturated carbocycles. The van der Waals surface area contributed by atoms with Crippen LogP contribution in [0.5, 0.6) is 0 Å². The molecule has 100 valence electrons. The fourth-order valence-electron chi connectivity index (χ4n) is 2.07. The molecule has 0 unspecified atom stereocenters. The van der Waals surface area contributed by atoms with Crippen molar-refractivity contribution in [2.45, 2.75) is 0 Å². The van der Waals surface area contributed by atoms with E-state index < -0.39 is 0 Å². The molecule has 3 nitrogen and oxygen atoms in total. The van der Waals surface area contributed by atoms with E-state index in [1.807, 2.05) is 35.7 Å². The Balaban J connectivity index is 2.26. The zero-order valence-corrected chi connectivity index (χ0v) is 12.1. The molecule has 0 atom stereocenters. The van der Waals surface area contributed by atoms with E-state index >= 15 is 0 Å². The van der Waals surface area contributed by atoms with E-state index in [-0.39, 0.29) is 0 Å². The molecular weight excluding hydrogens is 290 g/mol. The molecule has 0 bridgehead atoms. The highest BCUT2D eigenvalue weighted by Gasteiger charge is 2.15. The van der Waals surface area contributed by atoms with Crippen molar-refractivity contribution in [2.75, 3.05) is 11.5 Å². The lowest BCUT2D eigenvalue weighted by molar-refractivity contribution is 1.41. The van der Waals surface area contributed by atoms with Gasteiger partial charge in [-0.15, -0.1) is 11.3 Å².